The van der Waals surface area contributed by atoms with Crippen molar-refractivity contribution in [3.63, 3.8) is 0 Å². The zero-order valence-electron chi connectivity index (χ0n) is 13.3. The van der Waals surface area contributed by atoms with Gasteiger partial charge in [0.1, 0.15) is 16.2 Å². The van der Waals surface area contributed by atoms with Crippen LogP contribution in [0.4, 0.5) is 8.78 Å². The molecule has 0 aliphatic carbocycles. The van der Waals surface area contributed by atoms with E-state index >= 15 is 0 Å². The maximum absolute atomic E-state index is 12.9. The topological polar surface area (TPSA) is 50.8 Å². The Bertz CT molecular complexity index is 614. The minimum absolute atomic E-state index is 0.0439. The van der Waals surface area contributed by atoms with E-state index in [1.165, 1.54) is 17.4 Å². The number of hydrogen-bond acceptors (Lipinski definition) is 5. The van der Waals surface area contributed by atoms with Gasteiger partial charge in [0.2, 0.25) is 0 Å². The summed E-state index contributed by atoms with van der Waals surface area (Å²) < 4.78 is 35.7. The highest BCUT2D eigenvalue weighted by Gasteiger charge is 2.49. The fourth-order valence-electron chi connectivity index (χ4n) is 3.21. The minimum atomic E-state index is -2.95. The van der Waals surface area contributed by atoms with Crippen molar-refractivity contribution in [3.8, 4) is 5.75 Å². The lowest BCUT2D eigenvalue weighted by molar-refractivity contribution is -0.206. The number of carbonyl (C=O) groups excluding carboxylic acids is 1. The van der Waals surface area contributed by atoms with Gasteiger partial charge in [0.25, 0.3) is 5.91 Å². The molecule has 0 unspecified atom stereocenters. The SMILES string of the molecule is Cc1cc(OC(F)F)c(C(=O)N2CC(C)(C)OC3(CNC3)C2)s1. The van der Waals surface area contributed by atoms with E-state index in [9.17, 15) is 13.6 Å². The average molecular weight is 346 g/mol. The number of rotatable bonds is 3. The fraction of sp³-hybridized carbons (Fsp3) is 0.667. The third-order valence-electron chi connectivity index (χ3n) is 3.96. The Morgan fingerprint density at radius 1 is 1.43 bits per heavy atom. The Labute approximate surface area is 137 Å². The van der Waals surface area contributed by atoms with Crippen molar-refractivity contribution >= 4 is 17.2 Å². The van der Waals surface area contributed by atoms with E-state index in [1.54, 1.807) is 11.8 Å². The quantitative estimate of drug-likeness (QED) is 0.912. The number of morpholine rings is 1. The number of halogens is 2. The molecule has 2 aliphatic heterocycles. The third-order valence-corrected chi connectivity index (χ3v) is 4.98. The molecule has 23 heavy (non-hydrogen) atoms. The van der Waals surface area contributed by atoms with E-state index in [1.807, 2.05) is 13.8 Å². The molecule has 0 saturated carbocycles. The lowest BCUT2D eigenvalue weighted by Gasteiger charge is -2.54. The first kappa shape index (κ1) is 16.6. The molecule has 3 heterocycles. The Morgan fingerprint density at radius 2 is 2.13 bits per heavy atom. The summed E-state index contributed by atoms with van der Waals surface area (Å²) in [6.45, 7) is 4.92. The monoisotopic (exact) mass is 346 g/mol. The van der Waals surface area contributed by atoms with Crippen LogP contribution in [0.1, 0.15) is 28.4 Å². The number of nitrogens with one attached hydrogen (secondary N) is 1. The number of amides is 1. The van der Waals surface area contributed by atoms with Crippen LogP contribution in [0.5, 0.6) is 5.75 Å². The highest BCUT2D eigenvalue weighted by atomic mass is 32.1. The van der Waals surface area contributed by atoms with Gasteiger partial charge >= 0.3 is 6.61 Å². The molecule has 128 valence electrons. The van der Waals surface area contributed by atoms with Crippen LogP contribution >= 0.6 is 11.3 Å². The highest BCUT2D eigenvalue weighted by Crippen LogP contribution is 2.36. The Morgan fingerprint density at radius 3 is 2.70 bits per heavy atom. The molecule has 5 nitrogen and oxygen atoms in total. The minimum Gasteiger partial charge on any atom is -0.433 e. The first-order chi connectivity index (χ1) is 10.7. The van der Waals surface area contributed by atoms with Crippen molar-refractivity contribution in [1.82, 2.24) is 10.2 Å². The first-order valence-corrected chi connectivity index (χ1v) is 8.27. The van der Waals surface area contributed by atoms with E-state index in [0.29, 0.717) is 26.2 Å². The molecule has 2 saturated heterocycles. The molecule has 1 aromatic rings. The maximum atomic E-state index is 12.9. The number of hydrogen-bond donors (Lipinski definition) is 1. The largest absolute Gasteiger partial charge is 0.433 e. The average Bonchev–Trinajstić information content (AvgIpc) is 2.74. The predicted octanol–water partition coefficient (Wildman–Crippen LogP) is 2.25. The van der Waals surface area contributed by atoms with Crippen LogP contribution in [-0.2, 0) is 4.74 Å². The van der Waals surface area contributed by atoms with E-state index in [-0.39, 0.29) is 22.1 Å². The van der Waals surface area contributed by atoms with E-state index in [4.69, 9.17) is 4.74 Å². The van der Waals surface area contributed by atoms with E-state index in [0.717, 1.165) is 4.88 Å². The lowest BCUT2D eigenvalue weighted by atomic mass is 9.90. The molecule has 0 radical (unpaired) electrons. The van der Waals surface area contributed by atoms with E-state index < -0.39 is 12.2 Å². The van der Waals surface area contributed by atoms with Crippen molar-refractivity contribution in [3.05, 3.63) is 15.8 Å². The smallest absolute Gasteiger partial charge is 0.387 e. The van der Waals surface area contributed by atoms with Crippen LogP contribution in [0.3, 0.4) is 0 Å². The number of alkyl halides is 2. The second-order valence-corrected chi connectivity index (χ2v) is 7.99. The number of aryl methyl sites for hydroxylation is 1. The summed E-state index contributed by atoms with van der Waals surface area (Å²) in [7, 11) is 0. The van der Waals surface area contributed by atoms with Crippen molar-refractivity contribution < 1.29 is 23.0 Å². The molecule has 1 amide bonds. The van der Waals surface area contributed by atoms with Crippen LogP contribution in [0.2, 0.25) is 0 Å². The first-order valence-electron chi connectivity index (χ1n) is 7.45. The van der Waals surface area contributed by atoms with Crippen molar-refractivity contribution in [2.24, 2.45) is 0 Å². The summed E-state index contributed by atoms with van der Waals surface area (Å²) in [5.74, 6) is -0.320. The number of thiophene rings is 1. The van der Waals surface area contributed by atoms with Gasteiger partial charge in [-0.1, -0.05) is 0 Å². The molecular weight excluding hydrogens is 326 g/mol. The normalized spacial score (nSPS) is 22.3. The van der Waals surface area contributed by atoms with Gasteiger partial charge in [0.15, 0.2) is 0 Å². The summed E-state index contributed by atoms with van der Waals surface area (Å²) in [6.07, 6.45) is 0. The third kappa shape index (κ3) is 3.34. The van der Waals surface area contributed by atoms with Gasteiger partial charge in [-0.05, 0) is 26.8 Å². The van der Waals surface area contributed by atoms with Crippen LogP contribution in [0.15, 0.2) is 6.07 Å². The molecule has 2 fully saturated rings. The molecular formula is C15H20F2N2O3S. The fourth-order valence-corrected chi connectivity index (χ4v) is 4.12. The number of ether oxygens (including phenoxy) is 2. The van der Waals surface area contributed by atoms with Gasteiger partial charge in [-0.2, -0.15) is 8.78 Å². The molecule has 0 atom stereocenters. The van der Waals surface area contributed by atoms with Gasteiger partial charge < -0.3 is 19.7 Å². The molecule has 1 aromatic heterocycles. The second kappa shape index (κ2) is 5.68. The van der Waals surface area contributed by atoms with Gasteiger partial charge in [0.05, 0.1) is 12.1 Å². The van der Waals surface area contributed by atoms with Gasteiger partial charge in [-0.25, -0.2) is 0 Å². The summed E-state index contributed by atoms with van der Waals surface area (Å²) in [6, 6.07) is 1.48. The standard InChI is InChI=1S/C15H20F2N2O3S/c1-9-4-10(21-13(16)17)11(23-9)12(20)19-7-14(2,3)22-15(8-19)5-18-6-15/h4,13,18H,5-8H2,1-3H3. The number of carbonyl (C=O) groups is 1. The van der Waals surface area contributed by atoms with Crippen LogP contribution in [-0.4, -0.2) is 54.8 Å². The molecule has 2 aliphatic rings. The van der Waals surface area contributed by atoms with E-state index in [2.05, 4.69) is 10.1 Å². The molecule has 0 aromatic carbocycles. The molecule has 0 bridgehead atoms. The molecule has 1 N–H and O–H groups in total. The molecule has 8 heteroatoms. The van der Waals surface area contributed by atoms with Crippen molar-refractivity contribution in [2.45, 2.75) is 38.6 Å². The molecule has 1 spiro atoms. The summed E-state index contributed by atoms with van der Waals surface area (Å²) in [5.41, 5.74) is -0.862. The summed E-state index contributed by atoms with van der Waals surface area (Å²) >= 11 is 1.18. The van der Waals surface area contributed by atoms with Crippen LogP contribution in [0, 0.1) is 6.92 Å². The van der Waals surface area contributed by atoms with Gasteiger partial charge in [-0.15, -0.1) is 11.3 Å². The van der Waals surface area contributed by atoms with Crippen molar-refractivity contribution in [1.29, 1.82) is 0 Å². The number of nitrogens with zero attached hydrogens (tertiary/aromatic N) is 1. The van der Waals surface area contributed by atoms with Gasteiger partial charge in [0, 0.05) is 24.5 Å². The summed E-state index contributed by atoms with van der Waals surface area (Å²) in [5, 5.41) is 3.17. The highest BCUT2D eigenvalue weighted by molar-refractivity contribution is 7.14. The Balaban J connectivity index is 1.85. The maximum Gasteiger partial charge on any atom is 0.387 e. The molecule has 3 rings (SSSR count). The second-order valence-electron chi connectivity index (χ2n) is 6.74. The summed E-state index contributed by atoms with van der Waals surface area (Å²) in [4.78, 5) is 15.5. The Hall–Kier alpha value is -1.25. The van der Waals surface area contributed by atoms with Crippen LogP contribution in [0.25, 0.3) is 0 Å². The predicted molar refractivity (Wildman–Crippen MR) is 82.4 cm³/mol. The van der Waals surface area contributed by atoms with Crippen LogP contribution < -0.4 is 10.1 Å². The van der Waals surface area contributed by atoms with Gasteiger partial charge in [-0.3, -0.25) is 4.79 Å². The zero-order valence-corrected chi connectivity index (χ0v) is 14.1. The zero-order chi connectivity index (χ0) is 16.8. The van der Waals surface area contributed by atoms with Crippen molar-refractivity contribution in [2.75, 3.05) is 26.2 Å². The lowest BCUT2D eigenvalue weighted by Crippen LogP contribution is -2.73. The Kier molecular flexibility index (Phi) is 4.10.